The van der Waals surface area contributed by atoms with Gasteiger partial charge in [-0.15, -0.1) is 0 Å². The smallest absolute Gasteiger partial charge is 0.291 e. The van der Waals surface area contributed by atoms with Crippen LogP contribution < -0.4 is 10.6 Å². The van der Waals surface area contributed by atoms with Gasteiger partial charge in [-0.1, -0.05) is 30.3 Å². The molecule has 0 spiro atoms. The fourth-order valence-corrected chi connectivity index (χ4v) is 3.26. The summed E-state index contributed by atoms with van der Waals surface area (Å²) in [5.41, 5.74) is 3.01. The number of nitro benzene ring substituents is 1. The van der Waals surface area contributed by atoms with E-state index >= 15 is 0 Å². The lowest BCUT2D eigenvalue weighted by Crippen LogP contribution is -2.12. The first-order valence-electron chi connectivity index (χ1n) is 10.0. The standard InChI is InChI=1S/C25H19N3O5/c1-16-13-19(26-24(29)12-9-17-5-4-7-20(14-17)28(31)32)10-11-21(16)27-25(30)23-15-18-6-2-3-8-22(18)33-23/h2-15H,1H3,(H,26,29)(H,27,30)/b12-9+. The van der Waals surface area contributed by atoms with Crippen molar-refractivity contribution in [2.75, 3.05) is 10.6 Å². The predicted molar refractivity (Wildman–Crippen MR) is 126 cm³/mol. The number of anilines is 2. The van der Waals surface area contributed by atoms with Gasteiger partial charge in [-0.05, 0) is 54.5 Å². The van der Waals surface area contributed by atoms with Crippen molar-refractivity contribution < 1.29 is 18.9 Å². The minimum absolute atomic E-state index is 0.0477. The zero-order valence-electron chi connectivity index (χ0n) is 17.6. The van der Waals surface area contributed by atoms with Crippen LogP contribution in [0.1, 0.15) is 21.7 Å². The first kappa shape index (κ1) is 21.5. The Kier molecular flexibility index (Phi) is 5.99. The first-order valence-corrected chi connectivity index (χ1v) is 10.0. The first-order chi connectivity index (χ1) is 15.9. The number of rotatable bonds is 6. The normalized spacial score (nSPS) is 10.9. The third-order valence-corrected chi connectivity index (χ3v) is 4.90. The number of aryl methyl sites for hydroxylation is 1. The minimum atomic E-state index is -0.491. The molecule has 8 nitrogen and oxygen atoms in total. The number of para-hydroxylation sites is 1. The van der Waals surface area contributed by atoms with Crippen LogP contribution in [0.25, 0.3) is 17.0 Å². The Balaban J connectivity index is 1.40. The summed E-state index contributed by atoms with van der Waals surface area (Å²) in [5.74, 6) is -0.551. The topological polar surface area (TPSA) is 114 Å². The Bertz CT molecular complexity index is 1370. The SMILES string of the molecule is Cc1cc(NC(=O)/C=C/c2cccc([N+](=O)[O-])c2)ccc1NC(=O)c1cc2ccccc2o1. The highest BCUT2D eigenvalue weighted by Gasteiger charge is 2.13. The molecule has 164 valence electrons. The molecule has 0 unspecified atom stereocenters. The van der Waals surface area contributed by atoms with Crippen molar-refractivity contribution in [2.45, 2.75) is 6.92 Å². The lowest BCUT2D eigenvalue weighted by molar-refractivity contribution is -0.384. The van der Waals surface area contributed by atoms with E-state index in [9.17, 15) is 19.7 Å². The van der Waals surface area contributed by atoms with E-state index in [1.54, 1.807) is 42.5 Å². The predicted octanol–water partition coefficient (Wildman–Crippen LogP) is 5.55. The van der Waals surface area contributed by atoms with E-state index in [-0.39, 0.29) is 23.3 Å². The number of nitrogens with zero attached hydrogens (tertiary/aromatic N) is 1. The molecule has 0 saturated carbocycles. The molecule has 0 aliphatic heterocycles. The van der Waals surface area contributed by atoms with Gasteiger partial charge in [0.1, 0.15) is 5.58 Å². The Morgan fingerprint density at radius 3 is 2.55 bits per heavy atom. The van der Waals surface area contributed by atoms with Crippen molar-refractivity contribution in [1.29, 1.82) is 0 Å². The molecule has 2 N–H and O–H groups in total. The van der Waals surface area contributed by atoms with Crippen molar-refractivity contribution in [3.05, 3.63) is 106 Å². The maximum absolute atomic E-state index is 12.6. The number of nitrogens with one attached hydrogen (secondary N) is 2. The number of hydrogen-bond acceptors (Lipinski definition) is 5. The molecule has 8 heteroatoms. The van der Waals surface area contributed by atoms with Crippen molar-refractivity contribution in [2.24, 2.45) is 0 Å². The average molecular weight is 441 g/mol. The Morgan fingerprint density at radius 2 is 1.79 bits per heavy atom. The molecule has 1 aromatic heterocycles. The van der Waals surface area contributed by atoms with Crippen LogP contribution in [0.2, 0.25) is 0 Å². The minimum Gasteiger partial charge on any atom is -0.451 e. The van der Waals surface area contributed by atoms with Gasteiger partial charge in [0.2, 0.25) is 5.91 Å². The molecule has 4 rings (SSSR count). The zero-order valence-corrected chi connectivity index (χ0v) is 17.6. The third-order valence-electron chi connectivity index (χ3n) is 4.90. The van der Waals surface area contributed by atoms with E-state index in [1.165, 1.54) is 24.3 Å². The number of non-ortho nitro benzene ring substituents is 1. The highest BCUT2D eigenvalue weighted by atomic mass is 16.6. The number of furan rings is 1. The number of carbonyl (C=O) groups is 2. The number of fused-ring (bicyclic) bond motifs is 1. The number of amides is 2. The second-order valence-electron chi connectivity index (χ2n) is 7.31. The summed E-state index contributed by atoms with van der Waals surface area (Å²) >= 11 is 0. The van der Waals surface area contributed by atoms with Gasteiger partial charge in [0.05, 0.1) is 4.92 Å². The van der Waals surface area contributed by atoms with E-state index in [2.05, 4.69) is 10.6 Å². The van der Waals surface area contributed by atoms with Crippen LogP contribution in [0.15, 0.2) is 83.3 Å². The second-order valence-corrected chi connectivity index (χ2v) is 7.31. The molecule has 0 radical (unpaired) electrons. The lowest BCUT2D eigenvalue weighted by atomic mass is 10.1. The summed E-state index contributed by atoms with van der Waals surface area (Å²) in [4.78, 5) is 35.2. The summed E-state index contributed by atoms with van der Waals surface area (Å²) in [6.07, 6.45) is 2.79. The monoisotopic (exact) mass is 441 g/mol. The number of hydrogen-bond donors (Lipinski definition) is 2. The van der Waals surface area contributed by atoms with Gasteiger partial charge in [0, 0.05) is 35.0 Å². The average Bonchev–Trinajstić information content (AvgIpc) is 3.24. The van der Waals surface area contributed by atoms with Crippen LogP contribution in [-0.4, -0.2) is 16.7 Å². The van der Waals surface area contributed by atoms with Crippen LogP contribution in [0.4, 0.5) is 17.1 Å². The molecule has 4 aromatic rings. The van der Waals surface area contributed by atoms with E-state index in [0.717, 1.165) is 10.9 Å². The fraction of sp³-hybridized carbons (Fsp3) is 0.0400. The van der Waals surface area contributed by atoms with Crippen molar-refractivity contribution in [3.8, 4) is 0 Å². The van der Waals surface area contributed by atoms with Gasteiger partial charge in [-0.3, -0.25) is 19.7 Å². The molecular formula is C25H19N3O5. The second kappa shape index (κ2) is 9.19. The molecule has 0 aliphatic carbocycles. The fourth-order valence-electron chi connectivity index (χ4n) is 3.26. The van der Waals surface area contributed by atoms with Crippen molar-refractivity contribution >= 4 is 45.9 Å². The molecular weight excluding hydrogens is 422 g/mol. The summed E-state index contributed by atoms with van der Waals surface area (Å²) < 4.78 is 5.59. The molecule has 3 aromatic carbocycles. The van der Waals surface area contributed by atoms with Gasteiger partial charge in [-0.25, -0.2) is 0 Å². The number of nitro groups is 1. The highest BCUT2D eigenvalue weighted by molar-refractivity contribution is 6.05. The van der Waals surface area contributed by atoms with E-state index in [1.807, 2.05) is 25.1 Å². The summed E-state index contributed by atoms with van der Waals surface area (Å²) in [6.45, 7) is 1.81. The molecule has 0 bridgehead atoms. The zero-order chi connectivity index (χ0) is 23.4. The molecule has 1 heterocycles. The maximum Gasteiger partial charge on any atom is 0.291 e. The van der Waals surface area contributed by atoms with Gasteiger partial charge in [0.25, 0.3) is 11.6 Å². The lowest BCUT2D eigenvalue weighted by Gasteiger charge is -2.10. The largest absolute Gasteiger partial charge is 0.451 e. The van der Waals surface area contributed by atoms with Crippen LogP contribution in [0.3, 0.4) is 0 Å². The van der Waals surface area contributed by atoms with Crippen LogP contribution in [-0.2, 0) is 4.79 Å². The highest BCUT2D eigenvalue weighted by Crippen LogP contribution is 2.23. The van der Waals surface area contributed by atoms with E-state index < -0.39 is 4.92 Å². The molecule has 2 amide bonds. The van der Waals surface area contributed by atoms with Crippen LogP contribution in [0, 0.1) is 17.0 Å². The quantitative estimate of drug-likeness (QED) is 0.231. The van der Waals surface area contributed by atoms with E-state index in [4.69, 9.17) is 4.42 Å². The number of carbonyl (C=O) groups excluding carboxylic acids is 2. The Hall–Kier alpha value is -4.72. The van der Waals surface area contributed by atoms with Gasteiger partial charge >= 0.3 is 0 Å². The Labute approximate surface area is 188 Å². The van der Waals surface area contributed by atoms with E-state index in [0.29, 0.717) is 22.5 Å². The summed E-state index contributed by atoms with van der Waals surface area (Å²) in [7, 11) is 0. The van der Waals surface area contributed by atoms with Gasteiger partial charge in [-0.2, -0.15) is 0 Å². The van der Waals surface area contributed by atoms with Crippen LogP contribution in [0.5, 0.6) is 0 Å². The molecule has 0 fully saturated rings. The summed E-state index contributed by atoms with van der Waals surface area (Å²) in [6, 6.07) is 20.1. The Morgan fingerprint density at radius 1 is 0.970 bits per heavy atom. The maximum atomic E-state index is 12.6. The van der Waals surface area contributed by atoms with Gasteiger partial charge in [0.15, 0.2) is 5.76 Å². The molecule has 0 atom stereocenters. The van der Waals surface area contributed by atoms with Crippen molar-refractivity contribution in [3.63, 3.8) is 0 Å². The molecule has 0 aliphatic rings. The van der Waals surface area contributed by atoms with Crippen LogP contribution >= 0.6 is 0 Å². The van der Waals surface area contributed by atoms with Gasteiger partial charge < -0.3 is 15.1 Å². The van der Waals surface area contributed by atoms with Crippen molar-refractivity contribution in [1.82, 2.24) is 0 Å². The summed E-state index contributed by atoms with van der Waals surface area (Å²) in [5, 5.41) is 17.2. The third kappa shape index (κ3) is 5.13. The number of benzene rings is 3. The molecule has 33 heavy (non-hydrogen) atoms. The molecule has 0 saturated heterocycles.